The number of aryl methyl sites for hydroxylation is 1. The normalized spacial score (nSPS) is 13.1. The maximum absolute atomic E-state index is 6.02. The summed E-state index contributed by atoms with van der Waals surface area (Å²) in [4.78, 5) is 0. The molecule has 1 unspecified atom stereocenters. The van der Waals surface area contributed by atoms with Crippen LogP contribution in [0, 0.1) is 0 Å². The summed E-state index contributed by atoms with van der Waals surface area (Å²) in [5, 5.41) is 8.50. The average Bonchev–Trinajstić information content (AvgIpc) is 2.59. The predicted molar refractivity (Wildman–Crippen MR) is 63.3 cm³/mol. The molecule has 86 valence electrons. The van der Waals surface area contributed by atoms with E-state index in [1.54, 1.807) is 0 Å². The quantitative estimate of drug-likeness (QED) is 0.698. The van der Waals surface area contributed by atoms with Crippen LogP contribution in [-0.4, -0.2) is 14.8 Å². The molecule has 0 spiro atoms. The van der Waals surface area contributed by atoms with Gasteiger partial charge in [-0.05, 0) is 24.9 Å². The van der Waals surface area contributed by atoms with Crippen LogP contribution in [0.15, 0.2) is 0 Å². The number of aromatic nitrogens is 3. The highest BCUT2D eigenvalue weighted by molar-refractivity contribution is 6.28. The number of halogens is 1. The van der Waals surface area contributed by atoms with Gasteiger partial charge in [0, 0.05) is 12.5 Å². The smallest absolute Gasteiger partial charge is 0.225 e. The number of hydrogen-bond acceptors (Lipinski definition) is 2. The van der Waals surface area contributed by atoms with Gasteiger partial charge in [0.15, 0.2) is 0 Å². The van der Waals surface area contributed by atoms with Crippen molar-refractivity contribution in [1.82, 2.24) is 14.8 Å². The zero-order chi connectivity index (χ0) is 11.3. The summed E-state index contributed by atoms with van der Waals surface area (Å²) in [6.07, 6.45) is 5.82. The van der Waals surface area contributed by atoms with E-state index in [1.165, 1.54) is 19.3 Å². The molecule has 0 aliphatic heterocycles. The Morgan fingerprint density at radius 2 is 2.00 bits per heavy atom. The summed E-state index contributed by atoms with van der Waals surface area (Å²) >= 11 is 6.02. The fourth-order valence-corrected chi connectivity index (χ4v) is 2.10. The molecule has 0 saturated heterocycles. The summed E-state index contributed by atoms with van der Waals surface area (Å²) in [5.41, 5.74) is 0. The van der Waals surface area contributed by atoms with Gasteiger partial charge in [-0.25, -0.2) is 0 Å². The van der Waals surface area contributed by atoms with E-state index in [0.717, 1.165) is 18.7 Å². The van der Waals surface area contributed by atoms with Gasteiger partial charge in [-0.3, -0.25) is 4.57 Å². The first kappa shape index (κ1) is 12.5. The number of unbranched alkanes of at least 4 members (excludes halogenated alkanes) is 2. The lowest BCUT2D eigenvalue weighted by molar-refractivity contribution is 0.464. The molecule has 0 aliphatic carbocycles. The van der Waals surface area contributed by atoms with E-state index in [0.29, 0.717) is 11.3 Å². The molecule has 0 amide bonds. The van der Waals surface area contributed by atoms with Crippen LogP contribution in [0.25, 0.3) is 0 Å². The molecule has 15 heavy (non-hydrogen) atoms. The van der Waals surface area contributed by atoms with Crippen LogP contribution in [0.2, 0.25) is 5.28 Å². The zero-order valence-electron chi connectivity index (χ0n) is 9.83. The molecule has 0 aromatic carbocycles. The van der Waals surface area contributed by atoms with E-state index in [4.69, 9.17) is 11.6 Å². The Hall–Kier alpha value is -0.570. The topological polar surface area (TPSA) is 30.7 Å². The Morgan fingerprint density at radius 1 is 1.27 bits per heavy atom. The lowest BCUT2D eigenvalue weighted by atomic mass is 10.1. The average molecular weight is 230 g/mol. The van der Waals surface area contributed by atoms with Crippen LogP contribution in [-0.2, 0) is 6.42 Å². The van der Waals surface area contributed by atoms with Crippen LogP contribution in [0.1, 0.15) is 58.3 Å². The van der Waals surface area contributed by atoms with Gasteiger partial charge in [0.25, 0.3) is 0 Å². The largest absolute Gasteiger partial charge is 0.299 e. The molecule has 1 aromatic heterocycles. The van der Waals surface area contributed by atoms with E-state index < -0.39 is 0 Å². The van der Waals surface area contributed by atoms with E-state index in [2.05, 4.69) is 35.5 Å². The second kappa shape index (κ2) is 6.11. The molecule has 1 heterocycles. The highest BCUT2D eigenvalue weighted by Crippen LogP contribution is 2.21. The van der Waals surface area contributed by atoms with Gasteiger partial charge >= 0.3 is 0 Å². The monoisotopic (exact) mass is 229 g/mol. The van der Waals surface area contributed by atoms with Gasteiger partial charge in [0.2, 0.25) is 5.28 Å². The lowest BCUT2D eigenvalue weighted by Gasteiger charge is -2.15. The molecule has 3 nitrogen and oxygen atoms in total. The molecule has 4 heteroatoms. The minimum atomic E-state index is 0.411. The molecule has 0 saturated carbocycles. The third kappa shape index (κ3) is 3.20. The molecular weight excluding hydrogens is 210 g/mol. The van der Waals surface area contributed by atoms with E-state index in [9.17, 15) is 0 Å². The standard InChI is InChI=1S/C11H20ClN3/c1-4-6-7-8-9(3)15-10(5-2)13-14-11(15)12/h9H,4-8H2,1-3H3. The third-order valence-electron chi connectivity index (χ3n) is 2.71. The minimum absolute atomic E-state index is 0.411. The maximum atomic E-state index is 6.02. The summed E-state index contributed by atoms with van der Waals surface area (Å²) in [6.45, 7) is 6.48. The SMILES string of the molecule is CCCCCC(C)n1c(Cl)nnc1CC. The fraction of sp³-hybridized carbons (Fsp3) is 0.818. The van der Waals surface area contributed by atoms with Gasteiger partial charge in [-0.1, -0.05) is 33.1 Å². The molecule has 0 bridgehead atoms. The van der Waals surface area contributed by atoms with Gasteiger partial charge < -0.3 is 0 Å². The van der Waals surface area contributed by atoms with Crippen LogP contribution < -0.4 is 0 Å². The molecule has 0 aliphatic rings. The molecule has 1 atom stereocenters. The fourth-order valence-electron chi connectivity index (χ4n) is 1.80. The van der Waals surface area contributed by atoms with Gasteiger partial charge in [0.05, 0.1) is 0 Å². The highest BCUT2D eigenvalue weighted by atomic mass is 35.5. The molecule has 0 N–H and O–H groups in total. The maximum Gasteiger partial charge on any atom is 0.225 e. The minimum Gasteiger partial charge on any atom is -0.299 e. The van der Waals surface area contributed by atoms with Crippen molar-refractivity contribution in [2.45, 2.75) is 58.9 Å². The van der Waals surface area contributed by atoms with Gasteiger partial charge in [-0.15, -0.1) is 10.2 Å². The first-order valence-electron chi connectivity index (χ1n) is 5.79. The van der Waals surface area contributed by atoms with Crippen LogP contribution in [0.4, 0.5) is 0 Å². The molecule has 1 aromatic rings. The van der Waals surface area contributed by atoms with Crippen LogP contribution >= 0.6 is 11.6 Å². The van der Waals surface area contributed by atoms with Crippen LogP contribution in [0.3, 0.4) is 0 Å². The third-order valence-corrected chi connectivity index (χ3v) is 2.96. The summed E-state index contributed by atoms with van der Waals surface area (Å²) < 4.78 is 2.05. The number of hydrogen-bond donors (Lipinski definition) is 0. The Bertz CT molecular complexity index is 296. The Kier molecular flexibility index (Phi) is 5.09. The van der Waals surface area contributed by atoms with Crippen molar-refractivity contribution in [2.24, 2.45) is 0 Å². The number of nitrogens with zero attached hydrogens (tertiary/aromatic N) is 3. The summed E-state index contributed by atoms with van der Waals surface area (Å²) in [5.74, 6) is 0.990. The zero-order valence-corrected chi connectivity index (χ0v) is 10.6. The molecule has 0 fully saturated rings. The second-order valence-corrected chi connectivity index (χ2v) is 4.29. The second-order valence-electron chi connectivity index (χ2n) is 3.95. The highest BCUT2D eigenvalue weighted by Gasteiger charge is 2.14. The van der Waals surface area contributed by atoms with Crippen molar-refractivity contribution in [1.29, 1.82) is 0 Å². The Morgan fingerprint density at radius 3 is 2.60 bits per heavy atom. The predicted octanol–water partition coefficient (Wildman–Crippen LogP) is 3.64. The van der Waals surface area contributed by atoms with Crippen molar-refractivity contribution in [3.8, 4) is 0 Å². The first-order chi connectivity index (χ1) is 7.20. The van der Waals surface area contributed by atoms with E-state index in [1.807, 2.05) is 0 Å². The molecule has 0 radical (unpaired) electrons. The van der Waals surface area contributed by atoms with Crippen molar-refractivity contribution in [3.05, 3.63) is 11.1 Å². The lowest BCUT2D eigenvalue weighted by Crippen LogP contribution is -2.09. The van der Waals surface area contributed by atoms with E-state index in [-0.39, 0.29) is 0 Å². The van der Waals surface area contributed by atoms with Gasteiger partial charge in [-0.2, -0.15) is 0 Å². The summed E-state index contributed by atoms with van der Waals surface area (Å²) in [6, 6.07) is 0.411. The number of rotatable bonds is 6. The Labute approximate surface area is 96.8 Å². The van der Waals surface area contributed by atoms with Crippen LogP contribution in [0.5, 0.6) is 0 Å². The van der Waals surface area contributed by atoms with Gasteiger partial charge in [0.1, 0.15) is 5.82 Å². The van der Waals surface area contributed by atoms with Crippen molar-refractivity contribution in [3.63, 3.8) is 0 Å². The first-order valence-corrected chi connectivity index (χ1v) is 6.17. The molecule has 1 rings (SSSR count). The van der Waals surface area contributed by atoms with E-state index >= 15 is 0 Å². The van der Waals surface area contributed by atoms with Crippen molar-refractivity contribution >= 4 is 11.6 Å². The van der Waals surface area contributed by atoms with Crippen molar-refractivity contribution < 1.29 is 0 Å². The molecular formula is C11H20ClN3. The summed E-state index contributed by atoms with van der Waals surface area (Å²) in [7, 11) is 0. The van der Waals surface area contributed by atoms with Crippen molar-refractivity contribution in [2.75, 3.05) is 0 Å². The Balaban J connectivity index is 2.63.